The molecule has 0 aliphatic heterocycles. The van der Waals surface area contributed by atoms with Crippen molar-refractivity contribution in [1.29, 1.82) is 0 Å². The van der Waals surface area contributed by atoms with Crippen molar-refractivity contribution in [3.63, 3.8) is 0 Å². The predicted molar refractivity (Wildman–Crippen MR) is 62.1 cm³/mol. The van der Waals surface area contributed by atoms with Crippen LogP contribution in [-0.4, -0.2) is 17.1 Å². The van der Waals surface area contributed by atoms with Crippen molar-refractivity contribution in [2.45, 2.75) is 6.92 Å². The summed E-state index contributed by atoms with van der Waals surface area (Å²) in [4.78, 5) is 28.0. The maximum absolute atomic E-state index is 12.0. The molecule has 0 N–H and O–H groups in total. The second kappa shape index (κ2) is 4.37. The van der Waals surface area contributed by atoms with Gasteiger partial charge in [0.15, 0.2) is 12.1 Å². The van der Waals surface area contributed by atoms with E-state index >= 15 is 0 Å². The number of thiophene rings is 1. The Balaban J connectivity index is 2.41. The molecule has 0 amide bonds. The first-order chi connectivity index (χ1) is 7.72. The number of aromatic nitrogens is 1. The molecule has 2 aromatic heterocycles. The van der Waals surface area contributed by atoms with Gasteiger partial charge < -0.3 is 0 Å². The number of hydrogen-bond donors (Lipinski definition) is 0. The standard InChI is InChI=1S/C12H9NO2S/c1-8-11(5-10(7-14)16-8)12(15)9-3-2-4-13-6-9/h2-7H,1H3. The molecule has 0 spiro atoms. The third-order valence-corrected chi connectivity index (χ3v) is 3.20. The average Bonchev–Trinajstić information content (AvgIpc) is 2.71. The highest BCUT2D eigenvalue weighted by molar-refractivity contribution is 7.14. The Kier molecular flexibility index (Phi) is 2.92. The Morgan fingerprint density at radius 1 is 1.50 bits per heavy atom. The average molecular weight is 231 g/mol. The summed E-state index contributed by atoms with van der Waals surface area (Å²) in [6.07, 6.45) is 3.91. The molecule has 16 heavy (non-hydrogen) atoms. The zero-order chi connectivity index (χ0) is 11.5. The van der Waals surface area contributed by atoms with Crippen molar-refractivity contribution in [3.8, 4) is 0 Å². The van der Waals surface area contributed by atoms with Crippen molar-refractivity contribution in [3.05, 3.63) is 51.5 Å². The third-order valence-electron chi connectivity index (χ3n) is 2.22. The summed E-state index contributed by atoms with van der Waals surface area (Å²) in [6, 6.07) is 5.06. The van der Waals surface area contributed by atoms with Gasteiger partial charge in [-0.25, -0.2) is 0 Å². The molecule has 0 unspecified atom stereocenters. The molecule has 2 aromatic rings. The lowest BCUT2D eigenvalue weighted by atomic mass is 10.1. The Morgan fingerprint density at radius 3 is 2.88 bits per heavy atom. The summed E-state index contributed by atoms with van der Waals surface area (Å²) < 4.78 is 0. The van der Waals surface area contributed by atoms with Crippen molar-refractivity contribution in [1.82, 2.24) is 4.98 Å². The molecule has 2 heterocycles. The molecule has 4 heteroatoms. The number of carbonyl (C=O) groups is 2. The van der Waals surface area contributed by atoms with Crippen LogP contribution in [0.1, 0.15) is 30.5 Å². The highest BCUT2D eigenvalue weighted by Gasteiger charge is 2.14. The minimum atomic E-state index is -0.0880. The van der Waals surface area contributed by atoms with Crippen LogP contribution in [0.5, 0.6) is 0 Å². The predicted octanol–water partition coefficient (Wildman–Crippen LogP) is 2.50. The lowest BCUT2D eigenvalue weighted by molar-refractivity contribution is 0.103. The molecule has 0 radical (unpaired) electrons. The van der Waals surface area contributed by atoms with Crippen LogP contribution in [0, 0.1) is 6.92 Å². The fraction of sp³-hybridized carbons (Fsp3) is 0.0833. The molecule has 3 nitrogen and oxygen atoms in total. The number of aldehydes is 1. The first-order valence-electron chi connectivity index (χ1n) is 4.72. The molecular weight excluding hydrogens is 222 g/mol. The summed E-state index contributed by atoms with van der Waals surface area (Å²) >= 11 is 1.33. The van der Waals surface area contributed by atoms with Gasteiger partial charge in [-0.05, 0) is 25.1 Å². The van der Waals surface area contributed by atoms with E-state index in [-0.39, 0.29) is 5.78 Å². The monoisotopic (exact) mass is 231 g/mol. The number of nitrogens with zero attached hydrogens (tertiary/aromatic N) is 1. The minimum absolute atomic E-state index is 0.0880. The van der Waals surface area contributed by atoms with Gasteiger partial charge in [0, 0.05) is 28.4 Å². The second-order valence-electron chi connectivity index (χ2n) is 3.31. The SMILES string of the molecule is Cc1sc(C=O)cc1C(=O)c1cccnc1. The number of ketones is 1. The van der Waals surface area contributed by atoms with Crippen LogP contribution in [0.3, 0.4) is 0 Å². The summed E-state index contributed by atoms with van der Waals surface area (Å²) in [5, 5.41) is 0. The van der Waals surface area contributed by atoms with Crippen LogP contribution in [0.15, 0.2) is 30.6 Å². The highest BCUT2D eigenvalue weighted by atomic mass is 32.1. The van der Waals surface area contributed by atoms with E-state index in [0.717, 1.165) is 11.2 Å². The smallest absolute Gasteiger partial charge is 0.195 e. The van der Waals surface area contributed by atoms with Gasteiger partial charge in [0.2, 0.25) is 0 Å². The molecule has 0 saturated carbocycles. The van der Waals surface area contributed by atoms with Crippen molar-refractivity contribution < 1.29 is 9.59 Å². The molecular formula is C12H9NO2S. The minimum Gasteiger partial charge on any atom is -0.297 e. The van der Waals surface area contributed by atoms with Gasteiger partial charge in [0.25, 0.3) is 0 Å². The summed E-state index contributed by atoms with van der Waals surface area (Å²) in [5.74, 6) is -0.0880. The fourth-order valence-electron chi connectivity index (χ4n) is 1.44. The van der Waals surface area contributed by atoms with E-state index in [2.05, 4.69) is 4.98 Å². The van der Waals surface area contributed by atoms with Gasteiger partial charge in [-0.15, -0.1) is 11.3 Å². The maximum atomic E-state index is 12.0. The van der Waals surface area contributed by atoms with E-state index in [0.29, 0.717) is 16.0 Å². The second-order valence-corrected chi connectivity index (χ2v) is 4.60. The molecule has 0 bridgehead atoms. The van der Waals surface area contributed by atoms with Crippen LogP contribution >= 0.6 is 11.3 Å². The van der Waals surface area contributed by atoms with Gasteiger partial charge in [-0.1, -0.05) is 0 Å². The van der Waals surface area contributed by atoms with Gasteiger partial charge >= 0.3 is 0 Å². The lowest BCUT2D eigenvalue weighted by Gasteiger charge is -1.98. The summed E-state index contributed by atoms with van der Waals surface area (Å²) in [6.45, 7) is 1.83. The first kappa shape index (κ1) is 10.7. The number of pyridine rings is 1. The van der Waals surface area contributed by atoms with Crippen LogP contribution in [-0.2, 0) is 0 Å². The Morgan fingerprint density at radius 2 is 2.31 bits per heavy atom. The number of aryl methyl sites for hydroxylation is 1. The Bertz CT molecular complexity index is 531. The molecule has 0 fully saturated rings. The largest absolute Gasteiger partial charge is 0.297 e. The molecule has 0 saturated heterocycles. The van der Waals surface area contributed by atoms with E-state index in [9.17, 15) is 9.59 Å². The van der Waals surface area contributed by atoms with E-state index in [1.54, 1.807) is 24.4 Å². The number of hydrogen-bond acceptors (Lipinski definition) is 4. The van der Waals surface area contributed by atoms with Crippen LogP contribution in [0.4, 0.5) is 0 Å². The van der Waals surface area contributed by atoms with E-state index < -0.39 is 0 Å². The van der Waals surface area contributed by atoms with Crippen LogP contribution < -0.4 is 0 Å². The Labute approximate surface area is 96.8 Å². The molecule has 0 aliphatic rings. The summed E-state index contributed by atoms with van der Waals surface area (Å²) in [7, 11) is 0. The van der Waals surface area contributed by atoms with E-state index in [1.165, 1.54) is 17.5 Å². The third kappa shape index (κ3) is 1.92. The molecule has 2 rings (SSSR count). The van der Waals surface area contributed by atoms with Crippen LogP contribution in [0.2, 0.25) is 0 Å². The molecule has 0 aromatic carbocycles. The van der Waals surface area contributed by atoms with Gasteiger partial charge in [0.1, 0.15) is 0 Å². The van der Waals surface area contributed by atoms with Gasteiger partial charge in [-0.2, -0.15) is 0 Å². The normalized spacial score (nSPS) is 10.1. The maximum Gasteiger partial charge on any atom is 0.195 e. The summed E-state index contributed by atoms with van der Waals surface area (Å²) in [5.41, 5.74) is 1.13. The topological polar surface area (TPSA) is 47.0 Å². The lowest BCUT2D eigenvalue weighted by Crippen LogP contribution is -2.01. The number of carbonyl (C=O) groups excluding carboxylic acids is 2. The Hall–Kier alpha value is -1.81. The van der Waals surface area contributed by atoms with E-state index in [1.807, 2.05) is 6.92 Å². The highest BCUT2D eigenvalue weighted by Crippen LogP contribution is 2.22. The molecule has 0 atom stereocenters. The molecule has 80 valence electrons. The first-order valence-corrected chi connectivity index (χ1v) is 5.54. The number of rotatable bonds is 3. The van der Waals surface area contributed by atoms with Gasteiger partial charge in [0.05, 0.1) is 4.88 Å². The zero-order valence-electron chi connectivity index (χ0n) is 8.64. The van der Waals surface area contributed by atoms with Crippen molar-refractivity contribution >= 4 is 23.4 Å². The zero-order valence-corrected chi connectivity index (χ0v) is 9.45. The van der Waals surface area contributed by atoms with Crippen LogP contribution in [0.25, 0.3) is 0 Å². The quantitative estimate of drug-likeness (QED) is 0.602. The van der Waals surface area contributed by atoms with Gasteiger partial charge in [-0.3, -0.25) is 14.6 Å². The van der Waals surface area contributed by atoms with Crippen molar-refractivity contribution in [2.24, 2.45) is 0 Å². The molecule has 0 aliphatic carbocycles. The van der Waals surface area contributed by atoms with Crippen molar-refractivity contribution in [2.75, 3.05) is 0 Å². The van der Waals surface area contributed by atoms with E-state index in [4.69, 9.17) is 0 Å². The fourth-order valence-corrected chi connectivity index (χ4v) is 2.28.